The van der Waals surface area contributed by atoms with E-state index in [2.05, 4.69) is 17.0 Å². The Bertz CT molecular complexity index is 874. The van der Waals surface area contributed by atoms with Crippen LogP contribution in [0.25, 0.3) is 0 Å². The number of phenols is 1. The fraction of sp³-hybridized carbons (Fsp3) is 0.300. The summed E-state index contributed by atoms with van der Waals surface area (Å²) in [7, 11) is 0. The second kappa shape index (κ2) is 7.30. The first-order valence-corrected chi connectivity index (χ1v) is 9.64. The molecule has 132 valence electrons. The number of benzene rings is 2. The molecule has 1 saturated heterocycles. The summed E-state index contributed by atoms with van der Waals surface area (Å²) in [5, 5.41) is 18.6. The van der Waals surface area contributed by atoms with Gasteiger partial charge in [-0.3, -0.25) is 0 Å². The van der Waals surface area contributed by atoms with E-state index >= 15 is 0 Å². The van der Waals surface area contributed by atoms with Gasteiger partial charge < -0.3 is 14.7 Å². The molecule has 1 atom stereocenters. The minimum absolute atomic E-state index is 0.0725. The predicted octanol–water partition coefficient (Wildman–Crippen LogP) is 4.30. The number of hydrogen-bond acceptors (Lipinski definition) is 6. The number of hydrogen-bond donors (Lipinski definition) is 1. The lowest BCUT2D eigenvalue weighted by atomic mass is 9.89. The maximum absolute atomic E-state index is 9.77. The van der Waals surface area contributed by atoms with Crippen molar-refractivity contribution in [1.29, 1.82) is 5.26 Å². The van der Waals surface area contributed by atoms with Crippen molar-refractivity contribution in [3.8, 4) is 23.3 Å². The largest absolute Gasteiger partial charge is 0.506 e. The fourth-order valence-corrected chi connectivity index (χ4v) is 4.22. The Morgan fingerprint density at radius 3 is 2.73 bits per heavy atom. The lowest BCUT2D eigenvalue weighted by Crippen LogP contribution is -2.42. The summed E-state index contributed by atoms with van der Waals surface area (Å²) in [5.41, 5.74) is 1.49. The zero-order chi connectivity index (χ0) is 17.9. The normalized spacial score (nSPS) is 19.3. The molecule has 26 heavy (non-hydrogen) atoms. The maximum atomic E-state index is 9.77. The first-order chi connectivity index (χ1) is 12.7. The van der Waals surface area contributed by atoms with Gasteiger partial charge in [0.2, 0.25) is 0 Å². The van der Waals surface area contributed by atoms with Crippen LogP contribution in [-0.4, -0.2) is 34.7 Å². The summed E-state index contributed by atoms with van der Waals surface area (Å²) >= 11 is 1.66. The standard InChI is InChI=1S/C20H19N3O2S/c21-13-15-5-8-17(12-19(15)24)25-16-6-3-14(4-7-16)18-2-1-9-23-10-11-26-22-20(18)23/h3-8,12,18,24H,1-2,9-11H2. The van der Waals surface area contributed by atoms with Gasteiger partial charge in [-0.2, -0.15) is 5.26 Å². The molecule has 2 aliphatic rings. The minimum atomic E-state index is -0.0725. The highest BCUT2D eigenvalue weighted by Gasteiger charge is 2.29. The van der Waals surface area contributed by atoms with E-state index in [1.165, 1.54) is 23.9 Å². The van der Waals surface area contributed by atoms with Crippen LogP contribution >= 0.6 is 11.9 Å². The number of nitriles is 1. The van der Waals surface area contributed by atoms with Crippen LogP contribution in [0.4, 0.5) is 0 Å². The average molecular weight is 365 g/mol. The molecular weight excluding hydrogens is 346 g/mol. The molecule has 0 aromatic heterocycles. The van der Waals surface area contributed by atoms with Gasteiger partial charge in [-0.05, 0) is 54.6 Å². The van der Waals surface area contributed by atoms with Crippen LogP contribution in [-0.2, 0) is 0 Å². The molecule has 0 saturated carbocycles. The van der Waals surface area contributed by atoms with Gasteiger partial charge in [0.05, 0.1) is 5.56 Å². The van der Waals surface area contributed by atoms with Gasteiger partial charge in [-0.25, -0.2) is 4.40 Å². The van der Waals surface area contributed by atoms with E-state index in [1.807, 2.05) is 18.2 Å². The van der Waals surface area contributed by atoms with Gasteiger partial charge in [-0.15, -0.1) is 0 Å². The lowest BCUT2D eigenvalue weighted by Gasteiger charge is -2.37. The predicted molar refractivity (Wildman–Crippen MR) is 103 cm³/mol. The molecular formula is C20H19N3O2S. The van der Waals surface area contributed by atoms with Crippen molar-refractivity contribution in [1.82, 2.24) is 4.90 Å². The third-order valence-electron chi connectivity index (χ3n) is 4.77. The van der Waals surface area contributed by atoms with Crippen LogP contribution in [0, 0.1) is 11.3 Å². The second-order valence-corrected chi connectivity index (χ2v) is 7.28. The quantitative estimate of drug-likeness (QED) is 0.822. The molecule has 0 amide bonds. The molecule has 2 aromatic rings. The average Bonchev–Trinajstić information content (AvgIpc) is 2.68. The van der Waals surface area contributed by atoms with E-state index in [-0.39, 0.29) is 11.3 Å². The molecule has 2 heterocycles. The zero-order valence-electron chi connectivity index (χ0n) is 14.3. The molecule has 1 unspecified atom stereocenters. The lowest BCUT2D eigenvalue weighted by molar-refractivity contribution is 0.371. The van der Waals surface area contributed by atoms with Gasteiger partial charge in [0, 0.05) is 30.8 Å². The third-order valence-corrected chi connectivity index (χ3v) is 5.46. The Labute approximate surface area is 157 Å². The second-order valence-electron chi connectivity index (χ2n) is 6.43. The van der Waals surface area contributed by atoms with Gasteiger partial charge in [0.15, 0.2) is 0 Å². The Hall–Kier alpha value is -2.65. The number of piperidine rings is 1. The summed E-state index contributed by atoms with van der Waals surface area (Å²) in [6.07, 6.45) is 2.32. The highest BCUT2D eigenvalue weighted by Crippen LogP contribution is 2.34. The molecule has 6 heteroatoms. The fourth-order valence-electron chi connectivity index (χ4n) is 3.45. The summed E-state index contributed by atoms with van der Waals surface area (Å²) in [6, 6.07) is 14.7. The van der Waals surface area contributed by atoms with Crippen LogP contribution in [0.15, 0.2) is 46.9 Å². The molecule has 0 radical (unpaired) electrons. The van der Waals surface area contributed by atoms with Crippen LogP contribution < -0.4 is 4.74 Å². The van der Waals surface area contributed by atoms with Gasteiger partial charge in [0.1, 0.15) is 29.2 Å². The summed E-state index contributed by atoms with van der Waals surface area (Å²) < 4.78 is 10.5. The third kappa shape index (κ3) is 3.35. The first kappa shape index (κ1) is 16.8. The highest BCUT2D eigenvalue weighted by atomic mass is 32.2. The number of phenolic OH excluding ortho intramolecular Hbond substituents is 1. The van der Waals surface area contributed by atoms with Crippen molar-refractivity contribution in [3.63, 3.8) is 0 Å². The van der Waals surface area contributed by atoms with E-state index in [0.717, 1.165) is 25.3 Å². The van der Waals surface area contributed by atoms with Crippen molar-refractivity contribution in [3.05, 3.63) is 53.6 Å². The Morgan fingerprint density at radius 2 is 1.96 bits per heavy atom. The van der Waals surface area contributed by atoms with Crippen LogP contribution in [0.3, 0.4) is 0 Å². The van der Waals surface area contributed by atoms with E-state index < -0.39 is 0 Å². The molecule has 2 aromatic carbocycles. The Morgan fingerprint density at radius 1 is 1.15 bits per heavy atom. The summed E-state index contributed by atoms with van der Waals surface area (Å²) in [4.78, 5) is 2.41. The van der Waals surface area contributed by atoms with Crippen molar-refractivity contribution in [2.45, 2.75) is 18.8 Å². The van der Waals surface area contributed by atoms with Crippen molar-refractivity contribution >= 4 is 17.8 Å². The number of amidine groups is 1. The van der Waals surface area contributed by atoms with Crippen LogP contribution in [0.2, 0.25) is 0 Å². The number of fused-ring (bicyclic) bond motifs is 1. The maximum Gasteiger partial charge on any atom is 0.137 e. The summed E-state index contributed by atoms with van der Waals surface area (Å²) in [6.45, 7) is 2.20. The molecule has 0 bridgehead atoms. The molecule has 2 aliphatic heterocycles. The Kier molecular flexibility index (Phi) is 4.72. The number of nitrogens with zero attached hydrogens (tertiary/aromatic N) is 3. The molecule has 0 aliphatic carbocycles. The van der Waals surface area contributed by atoms with E-state index in [1.54, 1.807) is 24.1 Å². The van der Waals surface area contributed by atoms with Crippen molar-refractivity contribution in [2.24, 2.45) is 4.40 Å². The molecule has 1 N–H and O–H groups in total. The van der Waals surface area contributed by atoms with Gasteiger partial charge in [0.25, 0.3) is 0 Å². The van der Waals surface area contributed by atoms with Crippen LogP contribution in [0.5, 0.6) is 17.2 Å². The minimum Gasteiger partial charge on any atom is -0.506 e. The molecule has 5 nitrogen and oxygen atoms in total. The van der Waals surface area contributed by atoms with Crippen molar-refractivity contribution < 1.29 is 9.84 Å². The molecule has 4 rings (SSSR count). The molecule has 0 spiro atoms. The first-order valence-electron chi connectivity index (χ1n) is 8.70. The zero-order valence-corrected chi connectivity index (χ0v) is 15.1. The van der Waals surface area contributed by atoms with Crippen LogP contribution in [0.1, 0.15) is 29.9 Å². The SMILES string of the molecule is N#Cc1ccc(Oc2ccc(C3CCCN4CCSN=C34)cc2)cc1O. The number of rotatable bonds is 3. The smallest absolute Gasteiger partial charge is 0.137 e. The summed E-state index contributed by atoms with van der Waals surface area (Å²) in [5.74, 6) is 3.76. The topological polar surface area (TPSA) is 68.8 Å². The monoisotopic (exact) mass is 365 g/mol. The van der Waals surface area contributed by atoms with Crippen molar-refractivity contribution in [2.75, 3.05) is 18.8 Å². The van der Waals surface area contributed by atoms with Gasteiger partial charge in [-0.1, -0.05) is 12.1 Å². The van der Waals surface area contributed by atoms with Gasteiger partial charge >= 0.3 is 0 Å². The highest BCUT2D eigenvalue weighted by molar-refractivity contribution is 7.98. The Balaban J connectivity index is 1.51. The van der Waals surface area contributed by atoms with E-state index in [4.69, 9.17) is 14.4 Å². The molecule has 1 fully saturated rings. The number of aromatic hydroxyl groups is 1. The number of ether oxygens (including phenoxy) is 1. The van der Waals surface area contributed by atoms with E-state index in [0.29, 0.717) is 17.4 Å². The van der Waals surface area contributed by atoms with E-state index in [9.17, 15) is 5.11 Å².